The van der Waals surface area contributed by atoms with Gasteiger partial charge in [-0.2, -0.15) is 0 Å². The largest absolute Gasteiger partial charge is 0.386 e. The number of nitrogens with one attached hydrogen (secondary N) is 3. The molecule has 2 fully saturated rings. The highest BCUT2D eigenvalue weighted by Gasteiger charge is 2.23. The van der Waals surface area contributed by atoms with Gasteiger partial charge in [0.25, 0.3) is 0 Å². The summed E-state index contributed by atoms with van der Waals surface area (Å²) in [5.74, 6) is 0.839. The van der Waals surface area contributed by atoms with Gasteiger partial charge in [0, 0.05) is 24.2 Å². The van der Waals surface area contributed by atoms with Crippen LogP contribution in [0.2, 0.25) is 0 Å². The average molecular weight is 279 g/mol. The summed E-state index contributed by atoms with van der Waals surface area (Å²) in [6.07, 6.45) is 7.43. The molecule has 1 amide bonds. The zero-order valence-electron chi connectivity index (χ0n) is 12.7. The number of rotatable bonds is 5. The van der Waals surface area contributed by atoms with E-state index in [2.05, 4.69) is 22.5 Å². The van der Waals surface area contributed by atoms with E-state index in [1.54, 1.807) is 0 Å². The number of hydrogen-bond donors (Lipinski definition) is 3. The maximum absolute atomic E-state index is 12.1. The van der Waals surface area contributed by atoms with E-state index < -0.39 is 0 Å². The molecule has 0 bridgehead atoms. The van der Waals surface area contributed by atoms with Crippen molar-refractivity contribution in [3.63, 3.8) is 0 Å². The van der Waals surface area contributed by atoms with E-state index in [1.807, 2.05) is 6.92 Å². The Morgan fingerprint density at radius 3 is 2.15 bits per heavy atom. The van der Waals surface area contributed by atoms with Crippen molar-refractivity contribution in [1.82, 2.24) is 16.0 Å². The molecule has 4 nitrogen and oxygen atoms in total. The zero-order chi connectivity index (χ0) is 14.4. The van der Waals surface area contributed by atoms with Gasteiger partial charge in [-0.3, -0.25) is 4.79 Å². The molecule has 1 saturated carbocycles. The Balaban J connectivity index is 1.64. The molecule has 0 unspecified atom stereocenters. The maximum atomic E-state index is 12.1. The first kappa shape index (κ1) is 15.4. The first-order chi connectivity index (χ1) is 9.63. The first-order valence-electron chi connectivity index (χ1n) is 8.05. The van der Waals surface area contributed by atoms with Crippen LogP contribution < -0.4 is 16.0 Å². The molecule has 1 aliphatic carbocycles. The third kappa shape index (κ3) is 5.16. The first-order valence-corrected chi connectivity index (χ1v) is 8.05. The SMILES string of the molecule is C=C(C)NC1CCC(NC(=O)CC2CCNCC2)CC1. The fourth-order valence-corrected chi connectivity index (χ4v) is 3.37. The smallest absolute Gasteiger partial charge is 0.220 e. The molecule has 1 aliphatic heterocycles. The van der Waals surface area contributed by atoms with Crippen molar-refractivity contribution >= 4 is 5.91 Å². The van der Waals surface area contributed by atoms with E-state index in [-0.39, 0.29) is 5.91 Å². The Morgan fingerprint density at radius 1 is 1.05 bits per heavy atom. The standard InChI is InChI=1S/C16H29N3O/c1-12(2)18-14-3-5-15(6-4-14)19-16(20)11-13-7-9-17-10-8-13/h13-15,17-18H,1,3-11H2,2H3,(H,19,20). The molecule has 20 heavy (non-hydrogen) atoms. The lowest BCUT2D eigenvalue weighted by Gasteiger charge is -2.31. The topological polar surface area (TPSA) is 53.2 Å². The van der Waals surface area contributed by atoms with Crippen LogP contribution in [0.4, 0.5) is 0 Å². The number of amides is 1. The lowest BCUT2D eigenvalue weighted by molar-refractivity contribution is -0.123. The van der Waals surface area contributed by atoms with Crippen molar-refractivity contribution in [1.29, 1.82) is 0 Å². The molecule has 1 heterocycles. The molecule has 3 N–H and O–H groups in total. The predicted octanol–water partition coefficient (Wildman–Crippen LogP) is 1.93. The van der Waals surface area contributed by atoms with E-state index in [1.165, 1.54) is 0 Å². The van der Waals surface area contributed by atoms with E-state index in [0.717, 1.165) is 57.3 Å². The van der Waals surface area contributed by atoms with Crippen molar-refractivity contribution in [2.75, 3.05) is 13.1 Å². The van der Waals surface area contributed by atoms with Crippen LogP contribution in [0.3, 0.4) is 0 Å². The van der Waals surface area contributed by atoms with Crippen LogP contribution in [-0.4, -0.2) is 31.1 Å². The summed E-state index contributed by atoms with van der Waals surface area (Å²) >= 11 is 0. The van der Waals surface area contributed by atoms with E-state index in [4.69, 9.17) is 0 Å². The molecule has 1 saturated heterocycles. The number of hydrogen-bond acceptors (Lipinski definition) is 3. The summed E-state index contributed by atoms with van der Waals surface area (Å²) in [5.41, 5.74) is 1.04. The van der Waals surface area contributed by atoms with Crippen LogP contribution in [0.15, 0.2) is 12.3 Å². The fraction of sp³-hybridized carbons (Fsp3) is 0.812. The van der Waals surface area contributed by atoms with Crippen LogP contribution in [0.5, 0.6) is 0 Å². The molecule has 0 spiro atoms. The molecule has 0 aromatic carbocycles. The van der Waals surface area contributed by atoms with Gasteiger partial charge < -0.3 is 16.0 Å². The minimum atomic E-state index is 0.258. The van der Waals surface area contributed by atoms with Crippen LogP contribution in [0.1, 0.15) is 51.9 Å². The minimum Gasteiger partial charge on any atom is -0.386 e. The molecule has 4 heteroatoms. The second-order valence-electron chi connectivity index (χ2n) is 6.44. The summed E-state index contributed by atoms with van der Waals surface area (Å²) in [5, 5.41) is 9.98. The third-order valence-electron chi connectivity index (χ3n) is 4.48. The van der Waals surface area contributed by atoms with Crippen LogP contribution in [-0.2, 0) is 4.79 Å². The zero-order valence-corrected chi connectivity index (χ0v) is 12.7. The molecule has 0 aromatic heterocycles. The van der Waals surface area contributed by atoms with Gasteiger partial charge in [-0.05, 0) is 64.5 Å². The maximum Gasteiger partial charge on any atom is 0.220 e. The van der Waals surface area contributed by atoms with E-state index in [0.29, 0.717) is 24.4 Å². The van der Waals surface area contributed by atoms with Crippen molar-refractivity contribution in [3.05, 3.63) is 12.3 Å². The Morgan fingerprint density at radius 2 is 1.60 bits per heavy atom. The van der Waals surface area contributed by atoms with Gasteiger partial charge in [-0.25, -0.2) is 0 Å². The normalized spacial score (nSPS) is 27.9. The van der Waals surface area contributed by atoms with Crippen LogP contribution in [0, 0.1) is 5.92 Å². The Kier molecular flexibility index (Phi) is 5.89. The van der Waals surface area contributed by atoms with Gasteiger partial charge in [-0.15, -0.1) is 0 Å². The summed E-state index contributed by atoms with van der Waals surface area (Å²) in [4.78, 5) is 12.1. The van der Waals surface area contributed by atoms with Gasteiger partial charge in [-0.1, -0.05) is 6.58 Å². The predicted molar refractivity (Wildman–Crippen MR) is 82.3 cm³/mol. The van der Waals surface area contributed by atoms with Gasteiger partial charge >= 0.3 is 0 Å². The van der Waals surface area contributed by atoms with Crippen molar-refractivity contribution in [3.8, 4) is 0 Å². The molecule has 0 radical (unpaired) electrons. The van der Waals surface area contributed by atoms with Crippen molar-refractivity contribution in [2.45, 2.75) is 64.0 Å². The highest BCUT2D eigenvalue weighted by atomic mass is 16.1. The molecular weight excluding hydrogens is 250 g/mol. The van der Waals surface area contributed by atoms with Gasteiger partial charge in [0.2, 0.25) is 5.91 Å². The van der Waals surface area contributed by atoms with Gasteiger partial charge in [0.1, 0.15) is 0 Å². The molecule has 2 aliphatic rings. The number of piperidine rings is 1. The third-order valence-corrected chi connectivity index (χ3v) is 4.48. The second-order valence-corrected chi connectivity index (χ2v) is 6.44. The molecule has 2 rings (SSSR count). The molecule has 0 atom stereocenters. The Labute approximate surface area is 122 Å². The second kappa shape index (κ2) is 7.67. The van der Waals surface area contributed by atoms with E-state index >= 15 is 0 Å². The summed E-state index contributed by atoms with van der Waals surface area (Å²) in [6, 6.07) is 0.928. The summed E-state index contributed by atoms with van der Waals surface area (Å²) in [7, 11) is 0. The monoisotopic (exact) mass is 279 g/mol. The molecule has 114 valence electrons. The lowest BCUT2D eigenvalue weighted by atomic mass is 9.90. The van der Waals surface area contributed by atoms with Gasteiger partial charge in [0.15, 0.2) is 0 Å². The summed E-state index contributed by atoms with van der Waals surface area (Å²) in [6.45, 7) is 8.03. The van der Waals surface area contributed by atoms with Crippen molar-refractivity contribution < 1.29 is 4.79 Å². The highest BCUT2D eigenvalue weighted by Crippen LogP contribution is 2.20. The Bertz CT molecular complexity index is 329. The van der Waals surface area contributed by atoms with E-state index in [9.17, 15) is 4.79 Å². The van der Waals surface area contributed by atoms with Gasteiger partial charge in [0.05, 0.1) is 0 Å². The quantitative estimate of drug-likeness (QED) is 0.721. The highest BCUT2D eigenvalue weighted by molar-refractivity contribution is 5.76. The number of carbonyl (C=O) groups is 1. The van der Waals surface area contributed by atoms with Crippen LogP contribution in [0.25, 0.3) is 0 Å². The van der Waals surface area contributed by atoms with Crippen molar-refractivity contribution in [2.24, 2.45) is 5.92 Å². The lowest BCUT2D eigenvalue weighted by Crippen LogP contribution is -2.42. The number of allylic oxidation sites excluding steroid dienone is 1. The minimum absolute atomic E-state index is 0.258. The molecular formula is C16H29N3O. The average Bonchev–Trinajstić information content (AvgIpc) is 2.41. The number of carbonyl (C=O) groups excluding carboxylic acids is 1. The fourth-order valence-electron chi connectivity index (χ4n) is 3.37. The Hall–Kier alpha value is -1.03. The summed E-state index contributed by atoms with van der Waals surface area (Å²) < 4.78 is 0. The molecule has 0 aromatic rings. The van der Waals surface area contributed by atoms with Crippen LogP contribution >= 0.6 is 0 Å².